The van der Waals surface area contributed by atoms with Crippen molar-refractivity contribution in [1.29, 1.82) is 0 Å². The number of piperazine rings is 1. The largest absolute Gasteiger partial charge is 0.444 e. The number of anilines is 2. The molecule has 182 valence electrons. The number of carbonyl (C=O) groups excluding carboxylic acids is 1. The minimum absolute atomic E-state index is 0.0787. The van der Waals surface area contributed by atoms with Gasteiger partial charge in [0.05, 0.1) is 40.3 Å². The third-order valence-electron chi connectivity index (χ3n) is 6.29. The number of benzene rings is 1. The third-order valence-corrected chi connectivity index (χ3v) is 6.85. The minimum atomic E-state index is -0.512. The molecule has 2 bridgehead atoms. The van der Waals surface area contributed by atoms with E-state index in [4.69, 9.17) is 14.7 Å². The Morgan fingerprint density at radius 2 is 2.03 bits per heavy atom. The number of hydrogen-bond donors (Lipinski definition) is 2. The second-order valence-electron chi connectivity index (χ2n) is 9.96. The molecule has 6 rings (SSSR count). The molecule has 12 heteroatoms. The smallest absolute Gasteiger partial charge is 0.410 e. The van der Waals surface area contributed by atoms with Gasteiger partial charge in [0.2, 0.25) is 11.9 Å². The van der Waals surface area contributed by atoms with E-state index in [0.717, 1.165) is 27.8 Å². The lowest BCUT2D eigenvalue weighted by Crippen LogP contribution is -2.50. The Morgan fingerprint density at radius 3 is 2.77 bits per heavy atom. The van der Waals surface area contributed by atoms with Crippen LogP contribution in [-0.4, -0.2) is 71.3 Å². The maximum absolute atomic E-state index is 12.6. The number of ether oxygens (including phenoxy) is 1. The van der Waals surface area contributed by atoms with E-state index in [0.29, 0.717) is 37.2 Å². The number of likely N-dealkylation sites (tertiary alicyclic amines) is 1. The summed E-state index contributed by atoms with van der Waals surface area (Å²) >= 11 is 3.55. The number of nitrogens with one attached hydrogen (secondary N) is 2. The van der Waals surface area contributed by atoms with Crippen LogP contribution in [0.4, 0.5) is 16.7 Å². The third kappa shape index (κ3) is 4.05. The number of fused-ring (bicyclic) bond motifs is 4. The van der Waals surface area contributed by atoms with Gasteiger partial charge in [-0.05, 0) is 55.3 Å². The molecule has 0 radical (unpaired) electrons. The van der Waals surface area contributed by atoms with Gasteiger partial charge in [0.25, 0.3) is 0 Å². The number of hydrogen-bond acceptors (Lipinski definition) is 8. The molecule has 1 amide bonds. The number of H-pyrrole nitrogens is 1. The maximum Gasteiger partial charge on any atom is 0.410 e. The average molecular weight is 540 g/mol. The highest BCUT2D eigenvalue weighted by atomic mass is 79.9. The highest BCUT2D eigenvalue weighted by Crippen LogP contribution is 2.35. The van der Waals surface area contributed by atoms with Crippen molar-refractivity contribution in [3.8, 4) is 0 Å². The summed E-state index contributed by atoms with van der Waals surface area (Å²) in [6, 6.07) is 8.14. The lowest BCUT2D eigenvalue weighted by Gasteiger charge is -2.35. The first-order chi connectivity index (χ1) is 16.7. The first-order valence-corrected chi connectivity index (χ1v) is 12.4. The molecule has 2 N–H and O–H groups in total. The van der Waals surface area contributed by atoms with Gasteiger partial charge in [0, 0.05) is 13.1 Å². The zero-order chi connectivity index (χ0) is 24.3. The van der Waals surface area contributed by atoms with Crippen molar-refractivity contribution >= 4 is 50.6 Å². The fourth-order valence-electron chi connectivity index (χ4n) is 4.79. The molecule has 2 atom stereocenters. The van der Waals surface area contributed by atoms with Gasteiger partial charge in [-0.2, -0.15) is 19.6 Å². The Morgan fingerprint density at radius 1 is 1.20 bits per heavy atom. The van der Waals surface area contributed by atoms with Crippen LogP contribution in [0.1, 0.15) is 33.0 Å². The predicted molar refractivity (Wildman–Crippen MR) is 134 cm³/mol. The molecule has 4 aromatic rings. The monoisotopic (exact) mass is 539 g/mol. The van der Waals surface area contributed by atoms with Crippen LogP contribution in [-0.2, 0) is 11.3 Å². The Hall–Kier alpha value is -3.41. The van der Waals surface area contributed by atoms with E-state index in [2.05, 4.69) is 41.2 Å². The molecule has 2 aliphatic rings. The second-order valence-corrected chi connectivity index (χ2v) is 10.8. The number of aromatic nitrogens is 6. The number of halogens is 1. The summed E-state index contributed by atoms with van der Waals surface area (Å²) in [6.45, 7) is 7.37. The molecular weight excluding hydrogens is 514 g/mol. The van der Waals surface area contributed by atoms with Crippen LogP contribution < -0.4 is 10.2 Å². The first-order valence-electron chi connectivity index (χ1n) is 11.6. The molecule has 11 nitrogen and oxygen atoms in total. The summed E-state index contributed by atoms with van der Waals surface area (Å²) in [5.74, 6) is 1.99. The zero-order valence-electron chi connectivity index (χ0n) is 19.7. The molecule has 1 aromatic carbocycles. The lowest BCUT2D eigenvalue weighted by molar-refractivity contribution is 0.0214. The molecule has 0 aliphatic carbocycles. The molecule has 0 spiro atoms. The van der Waals surface area contributed by atoms with Gasteiger partial charge in [-0.25, -0.2) is 9.78 Å². The van der Waals surface area contributed by atoms with E-state index in [1.807, 2.05) is 49.9 Å². The Labute approximate surface area is 210 Å². The van der Waals surface area contributed by atoms with E-state index in [-0.39, 0.29) is 18.2 Å². The Balaban J connectivity index is 1.24. The molecule has 0 saturated carbocycles. The Kier molecular flexibility index (Phi) is 5.09. The summed E-state index contributed by atoms with van der Waals surface area (Å²) in [7, 11) is 0. The summed E-state index contributed by atoms with van der Waals surface area (Å²) in [4.78, 5) is 34.2. The molecule has 5 heterocycles. The number of para-hydroxylation sites is 2. The zero-order valence-corrected chi connectivity index (χ0v) is 21.3. The van der Waals surface area contributed by atoms with Gasteiger partial charge in [-0.15, -0.1) is 0 Å². The number of amides is 1. The summed E-state index contributed by atoms with van der Waals surface area (Å²) in [5.41, 5.74) is 2.07. The van der Waals surface area contributed by atoms with Crippen molar-refractivity contribution in [2.75, 3.05) is 23.3 Å². The quantitative estimate of drug-likeness (QED) is 0.404. The van der Waals surface area contributed by atoms with Gasteiger partial charge < -0.3 is 24.8 Å². The van der Waals surface area contributed by atoms with E-state index < -0.39 is 5.60 Å². The molecular formula is C23H26BrN9O2. The molecule has 2 aliphatic heterocycles. The normalized spacial score (nSPS) is 19.8. The number of rotatable bonds is 4. The lowest BCUT2D eigenvalue weighted by atomic mass is 10.2. The van der Waals surface area contributed by atoms with Crippen molar-refractivity contribution in [3.05, 3.63) is 40.8 Å². The van der Waals surface area contributed by atoms with Crippen molar-refractivity contribution in [2.24, 2.45) is 0 Å². The average Bonchev–Trinajstić information content (AvgIpc) is 3.58. The van der Waals surface area contributed by atoms with Crippen molar-refractivity contribution in [1.82, 2.24) is 34.4 Å². The van der Waals surface area contributed by atoms with Crippen molar-refractivity contribution in [3.63, 3.8) is 0 Å². The number of carbonyl (C=O) groups is 1. The topological polar surface area (TPSA) is 117 Å². The van der Waals surface area contributed by atoms with E-state index >= 15 is 0 Å². The van der Waals surface area contributed by atoms with Crippen LogP contribution in [0.15, 0.2) is 34.9 Å². The summed E-state index contributed by atoms with van der Waals surface area (Å²) < 4.78 is 8.06. The molecule has 3 aromatic heterocycles. The number of aromatic amines is 1. The van der Waals surface area contributed by atoms with Crippen LogP contribution in [0.3, 0.4) is 0 Å². The highest BCUT2D eigenvalue weighted by molar-refractivity contribution is 9.10. The van der Waals surface area contributed by atoms with Crippen LogP contribution in [0.25, 0.3) is 16.7 Å². The van der Waals surface area contributed by atoms with Crippen molar-refractivity contribution < 1.29 is 9.53 Å². The Bertz CT molecular complexity index is 1390. The SMILES string of the molecule is CC(C)(C)OC(=O)N1CC2C[C@@H]1CN2c1nc(NCc2nc3ccccc3[nH]2)n2ncc(Br)c2n1. The fraction of sp³-hybridized carbons (Fsp3) is 0.435. The van der Waals surface area contributed by atoms with Crippen LogP contribution >= 0.6 is 15.9 Å². The van der Waals surface area contributed by atoms with Gasteiger partial charge >= 0.3 is 6.09 Å². The van der Waals surface area contributed by atoms with E-state index in [1.54, 1.807) is 10.7 Å². The molecule has 2 fully saturated rings. The van der Waals surface area contributed by atoms with Crippen molar-refractivity contribution in [2.45, 2.75) is 51.4 Å². The maximum atomic E-state index is 12.6. The summed E-state index contributed by atoms with van der Waals surface area (Å²) in [5, 5.41) is 7.78. The predicted octanol–water partition coefficient (Wildman–Crippen LogP) is 3.57. The number of nitrogens with zero attached hydrogens (tertiary/aromatic N) is 7. The summed E-state index contributed by atoms with van der Waals surface area (Å²) in [6.07, 6.45) is 2.32. The fourth-order valence-corrected chi connectivity index (χ4v) is 5.14. The van der Waals surface area contributed by atoms with Gasteiger partial charge in [0.15, 0.2) is 5.65 Å². The van der Waals surface area contributed by atoms with Gasteiger partial charge in [-0.1, -0.05) is 12.1 Å². The molecule has 2 saturated heterocycles. The van der Waals surface area contributed by atoms with E-state index in [1.165, 1.54) is 0 Å². The van der Waals surface area contributed by atoms with Gasteiger partial charge in [0.1, 0.15) is 11.4 Å². The molecule has 35 heavy (non-hydrogen) atoms. The second kappa shape index (κ2) is 8.08. The number of imidazole rings is 1. The van der Waals surface area contributed by atoms with Gasteiger partial charge in [-0.3, -0.25) is 0 Å². The van der Waals surface area contributed by atoms with Crippen LogP contribution in [0.5, 0.6) is 0 Å². The van der Waals surface area contributed by atoms with Crippen LogP contribution in [0.2, 0.25) is 0 Å². The van der Waals surface area contributed by atoms with E-state index in [9.17, 15) is 4.79 Å². The van der Waals surface area contributed by atoms with Crippen LogP contribution in [0, 0.1) is 0 Å². The molecule has 1 unspecified atom stereocenters. The highest BCUT2D eigenvalue weighted by Gasteiger charge is 2.47. The standard InChI is InChI=1S/C23H26BrN9O2/c1-23(2,3)35-22(34)32-12-13-8-14(32)11-31(13)21-29-19-15(24)9-26-33(19)20(30-21)25-10-18-27-16-6-4-5-7-17(16)28-18/h4-7,9,13-14H,8,10-12H2,1-3H3,(H,27,28)(H,25,29,30)/t13?,14-/m1/s1. The minimum Gasteiger partial charge on any atom is -0.444 e. The first kappa shape index (κ1) is 22.1.